The zero-order valence-electron chi connectivity index (χ0n) is 11.0. The molecule has 0 bridgehead atoms. The maximum absolute atomic E-state index is 12.4. The van der Waals surface area contributed by atoms with Crippen LogP contribution in [0, 0.1) is 0 Å². The third-order valence-corrected chi connectivity index (χ3v) is 3.51. The molecule has 5 nitrogen and oxygen atoms in total. The number of hydrogen-bond acceptors (Lipinski definition) is 3. The highest BCUT2D eigenvalue weighted by Crippen LogP contribution is 2.22. The SMILES string of the molecule is CNC(=O)C1CCCN1C(=O)C(N)c1ccccc1. The van der Waals surface area contributed by atoms with Crippen LogP contribution >= 0.6 is 0 Å². The van der Waals surface area contributed by atoms with Gasteiger partial charge < -0.3 is 16.0 Å². The Morgan fingerprint density at radius 1 is 1.37 bits per heavy atom. The van der Waals surface area contributed by atoms with Crippen LogP contribution in [0.3, 0.4) is 0 Å². The van der Waals surface area contributed by atoms with Gasteiger partial charge in [0.05, 0.1) is 0 Å². The summed E-state index contributed by atoms with van der Waals surface area (Å²) < 4.78 is 0. The average Bonchev–Trinajstić information content (AvgIpc) is 2.95. The molecular weight excluding hydrogens is 242 g/mol. The first kappa shape index (κ1) is 13.5. The maximum Gasteiger partial charge on any atom is 0.244 e. The van der Waals surface area contributed by atoms with Crippen LogP contribution < -0.4 is 11.1 Å². The molecule has 1 aromatic carbocycles. The molecule has 19 heavy (non-hydrogen) atoms. The molecule has 1 aromatic rings. The molecule has 2 amide bonds. The van der Waals surface area contributed by atoms with E-state index in [9.17, 15) is 9.59 Å². The molecule has 1 aliphatic heterocycles. The van der Waals surface area contributed by atoms with Gasteiger partial charge in [-0.1, -0.05) is 30.3 Å². The Bertz CT molecular complexity index is 461. The van der Waals surface area contributed by atoms with Crippen LogP contribution in [0.25, 0.3) is 0 Å². The number of benzene rings is 1. The van der Waals surface area contributed by atoms with Crippen LogP contribution in [0.2, 0.25) is 0 Å². The molecule has 0 aromatic heterocycles. The lowest BCUT2D eigenvalue weighted by atomic mass is 10.1. The number of hydrogen-bond donors (Lipinski definition) is 2. The smallest absolute Gasteiger partial charge is 0.244 e. The number of likely N-dealkylation sites (tertiary alicyclic amines) is 1. The van der Waals surface area contributed by atoms with Crippen molar-refractivity contribution in [3.63, 3.8) is 0 Å². The molecule has 1 saturated heterocycles. The maximum atomic E-state index is 12.4. The molecule has 2 rings (SSSR count). The third kappa shape index (κ3) is 2.76. The van der Waals surface area contributed by atoms with E-state index >= 15 is 0 Å². The highest BCUT2D eigenvalue weighted by molar-refractivity contribution is 5.90. The number of likely N-dealkylation sites (N-methyl/N-ethyl adjacent to an activating group) is 1. The van der Waals surface area contributed by atoms with Gasteiger partial charge in [-0.05, 0) is 18.4 Å². The van der Waals surface area contributed by atoms with E-state index in [2.05, 4.69) is 5.32 Å². The van der Waals surface area contributed by atoms with Gasteiger partial charge in [-0.3, -0.25) is 9.59 Å². The zero-order valence-corrected chi connectivity index (χ0v) is 11.0. The Labute approximate surface area is 112 Å². The van der Waals surface area contributed by atoms with Crippen molar-refractivity contribution in [2.45, 2.75) is 24.9 Å². The molecule has 2 unspecified atom stereocenters. The van der Waals surface area contributed by atoms with Gasteiger partial charge in [0.1, 0.15) is 12.1 Å². The fraction of sp³-hybridized carbons (Fsp3) is 0.429. The number of amides is 2. The van der Waals surface area contributed by atoms with E-state index in [0.29, 0.717) is 13.0 Å². The van der Waals surface area contributed by atoms with E-state index in [1.165, 1.54) is 0 Å². The Morgan fingerprint density at radius 2 is 2.05 bits per heavy atom. The summed E-state index contributed by atoms with van der Waals surface area (Å²) in [6, 6.07) is 8.15. The summed E-state index contributed by atoms with van der Waals surface area (Å²) >= 11 is 0. The molecule has 102 valence electrons. The lowest BCUT2D eigenvalue weighted by Crippen LogP contribution is -2.47. The van der Waals surface area contributed by atoms with Crippen molar-refractivity contribution in [3.05, 3.63) is 35.9 Å². The minimum Gasteiger partial charge on any atom is -0.357 e. The molecule has 0 radical (unpaired) electrons. The molecule has 3 N–H and O–H groups in total. The van der Waals surface area contributed by atoms with Crippen LogP contribution in [0.1, 0.15) is 24.4 Å². The first-order chi connectivity index (χ1) is 9.15. The Balaban J connectivity index is 2.13. The van der Waals surface area contributed by atoms with Crippen LogP contribution in [-0.2, 0) is 9.59 Å². The molecular formula is C14H19N3O2. The second kappa shape index (κ2) is 5.84. The van der Waals surface area contributed by atoms with Crippen LogP contribution in [0.5, 0.6) is 0 Å². The van der Waals surface area contributed by atoms with Gasteiger partial charge in [-0.2, -0.15) is 0 Å². The van der Waals surface area contributed by atoms with E-state index < -0.39 is 6.04 Å². The van der Waals surface area contributed by atoms with Crippen molar-refractivity contribution in [2.24, 2.45) is 5.73 Å². The van der Waals surface area contributed by atoms with Gasteiger partial charge in [-0.15, -0.1) is 0 Å². The van der Waals surface area contributed by atoms with Gasteiger partial charge in [0, 0.05) is 13.6 Å². The van der Waals surface area contributed by atoms with Gasteiger partial charge in [-0.25, -0.2) is 0 Å². The molecule has 5 heteroatoms. The van der Waals surface area contributed by atoms with Crippen molar-refractivity contribution in [3.8, 4) is 0 Å². The average molecular weight is 261 g/mol. The summed E-state index contributed by atoms with van der Waals surface area (Å²) in [7, 11) is 1.58. The predicted octanol–water partition coefficient (Wildman–Crippen LogP) is 0.423. The monoisotopic (exact) mass is 261 g/mol. The number of nitrogens with one attached hydrogen (secondary N) is 1. The largest absolute Gasteiger partial charge is 0.357 e. The second-order valence-corrected chi connectivity index (χ2v) is 4.69. The summed E-state index contributed by atoms with van der Waals surface area (Å²) in [5.74, 6) is -0.302. The second-order valence-electron chi connectivity index (χ2n) is 4.69. The van der Waals surface area contributed by atoms with Crippen molar-refractivity contribution in [1.29, 1.82) is 0 Å². The number of carbonyl (C=O) groups is 2. The lowest BCUT2D eigenvalue weighted by molar-refractivity contribution is -0.139. The molecule has 0 saturated carbocycles. The summed E-state index contributed by atoms with van der Waals surface area (Å²) in [4.78, 5) is 25.7. The first-order valence-corrected chi connectivity index (χ1v) is 6.47. The molecule has 1 fully saturated rings. The zero-order chi connectivity index (χ0) is 13.8. The van der Waals surface area contributed by atoms with E-state index in [1.54, 1.807) is 11.9 Å². The van der Waals surface area contributed by atoms with Gasteiger partial charge in [0.15, 0.2) is 0 Å². The molecule has 0 aliphatic carbocycles. The van der Waals surface area contributed by atoms with Crippen LogP contribution in [-0.4, -0.2) is 36.3 Å². The predicted molar refractivity (Wildman–Crippen MR) is 72.2 cm³/mol. The van der Waals surface area contributed by atoms with Crippen molar-refractivity contribution in [2.75, 3.05) is 13.6 Å². The quantitative estimate of drug-likeness (QED) is 0.828. The summed E-state index contributed by atoms with van der Waals surface area (Å²) in [5, 5.41) is 2.60. The topological polar surface area (TPSA) is 75.4 Å². The molecule has 1 aliphatic rings. The van der Waals surface area contributed by atoms with E-state index in [4.69, 9.17) is 5.73 Å². The molecule has 0 spiro atoms. The number of nitrogens with zero attached hydrogens (tertiary/aromatic N) is 1. The highest BCUT2D eigenvalue weighted by atomic mass is 16.2. The Hall–Kier alpha value is -1.88. The standard InChI is InChI=1S/C14H19N3O2/c1-16-13(18)11-8-5-9-17(11)14(19)12(15)10-6-3-2-4-7-10/h2-4,6-7,11-12H,5,8-9,15H2,1H3,(H,16,18). The normalized spacial score (nSPS) is 20.1. The molecule has 1 heterocycles. The summed E-state index contributed by atoms with van der Waals surface area (Å²) in [5.41, 5.74) is 6.77. The first-order valence-electron chi connectivity index (χ1n) is 6.47. The summed E-state index contributed by atoms with van der Waals surface area (Å²) in [6.45, 7) is 0.595. The Kier molecular flexibility index (Phi) is 4.16. The van der Waals surface area contributed by atoms with E-state index in [1.807, 2.05) is 30.3 Å². The Morgan fingerprint density at radius 3 is 2.68 bits per heavy atom. The third-order valence-electron chi connectivity index (χ3n) is 3.51. The number of carbonyl (C=O) groups excluding carboxylic acids is 2. The minimum absolute atomic E-state index is 0.119. The van der Waals surface area contributed by atoms with Gasteiger partial charge in [0.2, 0.25) is 11.8 Å². The van der Waals surface area contributed by atoms with E-state index in [-0.39, 0.29) is 17.9 Å². The number of nitrogens with two attached hydrogens (primary N) is 1. The van der Waals surface area contributed by atoms with E-state index in [0.717, 1.165) is 12.0 Å². The van der Waals surface area contributed by atoms with Gasteiger partial charge >= 0.3 is 0 Å². The van der Waals surface area contributed by atoms with Crippen molar-refractivity contribution >= 4 is 11.8 Å². The van der Waals surface area contributed by atoms with Crippen molar-refractivity contribution < 1.29 is 9.59 Å². The molecule has 2 atom stereocenters. The number of rotatable bonds is 3. The van der Waals surface area contributed by atoms with Crippen molar-refractivity contribution in [1.82, 2.24) is 10.2 Å². The van der Waals surface area contributed by atoms with Gasteiger partial charge in [0.25, 0.3) is 0 Å². The lowest BCUT2D eigenvalue weighted by Gasteiger charge is -2.26. The fourth-order valence-electron chi connectivity index (χ4n) is 2.45. The van der Waals surface area contributed by atoms with Crippen LogP contribution in [0.15, 0.2) is 30.3 Å². The minimum atomic E-state index is -0.702. The fourth-order valence-corrected chi connectivity index (χ4v) is 2.45. The summed E-state index contributed by atoms with van der Waals surface area (Å²) in [6.07, 6.45) is 1.54. The highest BCUT2D eigenvalue weighted by Gasteiger charge is 2.35. The van der Waals surface area contributed by atoms with Crippen LogP contribution in [0.4, 0.5) is 0 Å².